The fraction of sp³-hybridized carbons (Fsp3) is 0.133. The van der Waals surface area contributed by atoms with Crippen molar-refractivity contribution in [1.82, 2.24) is 0 Å². The van der Waals surface area contributed by atoms with E-state index in [4.69, 9.17) is 0 Å². The van der Waals surface area contributed by atoms with E-state index in [2.05, 4.69) is 37.2 Å². The smallest absolute Gasteiger partial charge is 0.228 e. The predicted octanol–water partition coefficient (Wildman–Crippen LogP) is 4.70. The maximum atomic E-state index is 12.0. The lowest BCUT2D eigenvalue weighted by molar-refractivity contribution is -0.115. The van der Waals surface area contributed by atoms with E-state index in [1.54, 1.807) is 0 Å². The number of anilines is 1. The SMILES string of the molecule is Cc1ccc(NC(=O)Cc2ccccc2Br)cc1Br. The van der Waals surface area contributed by atoms with E-state index in [1.807, 2.05) is 49.4 Å². The number of aryl methyl sites for hydroxylation is 1. The predicted molar refractivity (Wildman–Crippen MR) is 85.4 cm³/mol. The first-order valence-corrected chi connectivity index (χ1v) is 7.44. The van der Waals surface area contributed by atoms with Gasteiger partial charge in [0.1, 0.15) is 0 Å². The molecule has 98 valence electrons. The molecule has 0 heterocycles. The quantitative estimate of drug-likeness (QED) is 0.818. The normalized spacial score (nSPS) is 10.3. The third-order valence-electron chi connectivity index (χ3n) is 2.76. The van der Waals surface area contributed by atoms with Crippen LogP contribution < -0.4 is 5.32 Å². The minimum Gasteiger partial charge on any atom is -0.326 e. The summed E-state index contributed by atoms with van der Waals surface area (Å²) in [7, 11) is 0. The second-order valence-corrected chi connectivity index (χ2v) is 5.99. The average molecular weight is 383 g/mol. The van der Waals surface area contributed by atoms with Crippen molar-refractivity contribution in [2.24, 2.45) is 0 Å². The van der Waals surface area contributed by atoms with Crippen LogP contribution in [0.1, 0.15) is 11.1 Å². The van der Waals surface area contributed by atoms with Gasteiger partial charge in [0.05, 0.1) is 6.42 Å². The van der Waals surface area contributed by atoms with E-state index in [0.717, 1.165) is 25.8 Å². The van der Waals surface area contributed by atoms with Crippen molar-refractivity contribution < 1.29 is 4.79 Å². The van der Waals surface area contributed by atoms with Gasteiger partial charge in [0, 0.05) is 14.6 Å². The molecular weight excluding hydrogens is 370 g/mol. The van der Waals surface area contributed by atoms with Gasteiger partial charge in [0.15, 0.2) is 0 Å². The zero-order valence-electron chi connectivity index (χ0n) is 10.4. The zero-order chi connectivity index (χ0) is 13.8. The molecule has 0 aliphatic carbocycles. The van der Waals surface area contributed by atoms with Crippen LogP contribution >= 0.6 is 31.9 Å². The topological polar surface area (TPSA) is 29.1 Å². The summed E-state index contributed by atoms with van der Waals surface area (Å²) in [4.78, 5) is 12.0. The van der Waals surface area contributed by atoms with E-state index in [9.17, 15) is 4.79 Å². The Morgan fingerprint density at radius 3 is 2.53 bits per heavy atom. The minimum atomic E-state index is -0.0253. The number of benzene rings is 2. The first-order valence-electron chi connectivity index (χ1n) is 5.85. The molecule has 0 bridgehead atoms. The molecule has 0 radical (unpaired) electrons. The summed E-state index contributed by atoms with van der Waals surface area (Å²) in [5.74, 6) is -0.0253. The maximum absolute atomic E-state index is 12.0. The number of amides is 1. The molecule has 0 aliphatic rings. The lowest BCUT2D eigenvalue weighted by atomic mass is 10.1. The van der Waals surface area contributed by atoms with Gasteiger partial charge in [-0.3, -0.25) is 4.79 Å². The first-order chi connectivity index (χ1) is 9.06. The number of rotatable bonds is 3. The second kappa shape index (κ2) is 6.35. The zero-order valence-corrected chi connectivity index (χ0v) is 13.6. The summed E-state index contributed by atoms with van der Waals surface area (Å²) >= 11 is 6.90. The molecule has 2 aromatic carbocycles. The number of nitrogens with one attached hydrogen (secondary N) is 1. The van der Waals surface area contributed by atoms with Crippen LogP contribution in [0, 0.1) is 6.92 Å². The minimum absolute atomic E-state index is 0.0253. The highest BCUT2D eigenvalue weighted by Crippen LogP contribution is 2.21. The maximum Gasteiger partial charge on any atom is 0.228 e. The Morgan fingerprint density at radius 1 is 1.11 bits per heavy atom. The standard InChI is InChI=1S/C15H13Br2NO/c1-10-6-7-12(9-14(10)17)18-15(19)8-11-4-2-3-5-13(11)16/h2-7,9H,8H2,1H3,(H,18,19). The van der Waals surface area contributed by atoms with Gasteiger partial charge in [-0.15, -0.1) is 0 Å². The van der Waals surface area contributed by atoms with Gasteiger partial charge >= 0.3 is 0 Å². The Balaban J connectivity index is 2.05. The molecule has 0 saturated heterocycles. The Labute approximate surface area is 129 Å². The summed E-state index contributed by atoms with van der Waals surface area (Å²) in [6.45, 7) is 2.01. The van der Waals surface area contributed by atoms with Crippen molar-refractivity contribution >= 4 is 43.5 Å². The van der Waals surface area contributed by atoms with Gasteiger partial charge in [-0.05, 0) is 36.2 Å². The second-order valence-electron chi connectivity index (χ2n) is 4.28. The van der Waals surface area contributed by atoms with Gasteiger partial charge in [-0.25, -0.2) is 0 Å². The molecule has 0 atom stereocenters. The van der Waals surface area contributed by atoms with Crippen molar-refractivity contribution in [2.45, 2.75) is 13.3 Å². The molecule has 2 nitrogen and oxygen atoms in total. The van der Waals surface area contributed by atoms with E-state index < -0.39 is 0 Å². The van der Waals surface area contributed by atoms with E-state index in [0.29, 0.717) is 6.42 Å². The number of carbonyl (C=O) groups excluding carboxylic acids is 1. The third-order valence-corrected chi connectivity index (χ3v) is 4.39. The summed E-state index contributed by atoms with van der Waals surface area (Å²) in [5, 5.41) is 2.90. The van der Waals surface area contributed by atoms with Crippen LogP contribution in [-0.2, 0) is 11.2 Å². The largest absolute Gasteiger partial charge is 0.326 e. The van der Waals surface area contributed by atoms with Crippen molar-refractivity contribution in [2.75, 3.05) is 5.32 Å². The fourth-order valence-electron chi connectivity index (χ4n) is 1.69. The number of halogens is 2. The highest BCUT2D eigenvalue weighted by Gasteiger charge is 2.07. The Morgan fingerprint density at radius 2 is 1.84 bits per heavy atom. The van der Waals surface area contributed by atoms with Crippen molar-refractivity contribution in [1.29, 1.82) is 0 Å². The van der Waals surface area contributed by atoms with Gasteiger partial charge in [-0.1, -0.05) is 56.1 Å². The summed E-state index contributed by atoms with van der Waals surface area (Å²) in [6, 6.07) is 13.5. The van der Waals surface area contributed by atoms with Crippen molar-refractivity contribution in [3.8, 4) is 0 Å². The van der Waals surface area contributed by atoms with Crippen LogP contribution in [0.3, 0.4) is 0 Å². The Hall–Kier alpha value is -1.13. The van der Waals surface area contributed by atoms with E-state index in [-0.39, 0.29) is 5.91 Å². The molecular formula is C15H13Br2NO. The average Bonchev–Trinajstić information content (AvgIpc) is 2.37. The molecule has 0 spiro atoms. The molecule has 0 saturated carbocycles. The molecule has 0 unspecified atom stereocenters. The Kier molecular flexibility index (Phi) is 4.77. The highest BCUT2D eigenvalue weighted by molar-refractivity contribution is 9.10. The van der Waals surface area contributed by atoms with Gasteiger partial charge in [-0.2, -0.15) is 0 Å². The van der Waals surface area contributed by atoms with Gasteiger partial charge < -0.3 is 5.32 Å². The van der Waals surface area contributed by atoms with Gasteiger partial charge in [0.2, 0.25) is 5.91 Å². The van der Waals surface area contributed by atoms with Crippen molar-refractivity contribution in [3.05, 3.63) is 62.5 Å². The summed E-state index contributed by atoms with van der Waals surface area (Å²) < 4.78 is 1.95. The number of carbonyl (C=O) groups is 1. The number of hydrogen-bond donors (Lipinski definition) is 1. The van der Waals surface area contributed by atoms with Crippen LogP contribution in [0.5, 0.6) is 0 Å². The molecule has 0 aliphatic heterocycles. The van der Waals surface area contributed by atoms with E-state index in [1.165, 1.54) is 0 Å². The molecule has 0 aromatic heterocycles. The molecule has 2 aromatic rings. The third kappa shape index (κ3) is 3.91. The van der Waals surface area contributed by atoms with Crippen LogP contribution in [0.15, 0.2) is 51.4 Å². The van der Waals surface area contributed by atoms with Crippen LogP contribution in [-0.4, -0.2) is 5.91 Å². The molecule has 0 fully saturated rings. The van der Waals surface area contributed by atoms with Gasteiger partial charge in [0.25, 0.3) is 0 Å². The summed E-state index contributed by atoms with van der Waals surface area (Å²) in [5.41, 5.74) is 2.92. The fourth-order valence-corrected chi connectivity index (χ4v) is 2.49. The monoisotopic (exact) mass is 381 g/mol. The van der Waals surface area contributed by atoms with Crippen LogP contribution in [0.25, 0.3) is 0 Å². The first kappa shape index (κ1) is 14.3. The molecule has 19 heavy (non-hydrogen) atoms. The highest BCUT2D eigenvalue weighted by atomic mass is 79.9. The number of hydrogen-bond acceptors (Lipinski definition) is 1. The van der Waals surface area contributed by atoms with E-state index >= 15 is 0 Å². The molecule has 1 amide bonds. The van der Waals surface area contributed by atoms with Crippen molar-refractivity contribution in [3.63, 3.8) is 0 Å². The molecule has 4 heteroatoms. The molecule has 1 N–H and O–H groups in total. The van der Waals surface area contributed by atoms with Crippen LogP contribution in [0.2, 0.25) is 0 Å². The van der Waals surface area contributed by atoms with Crippen LogP contribution in [0.4, 0.5) is 5.69 Å². The lowest BCUT2D eigenvalue weighted by Gasteiger charge is -2.08. The molecule has 2 rings (SSSR count). The summed E-state index contributed by atoms with van der Waals surface area (Å²) in [6.07, 6.45) is 0.354. The lowest BCUT2D eigenvalue weighted by Crippen LogP contribution is -2.14. The Bertz CT molecular complexity index is 611.